The Bertz CT molecular complexity index is 644. The van der Waals surface area contributed by atoms with Gasteiger partial charge in [-0.2, -0.15) is 0 Å². The maximum absolute atomic E-state index is 5.39. The van der Waals surface area contributed by atoms with E-state index in [4.69, 9.17) is 14.2 Å². The van der Waals surface area contributed by atoms with E-state index in [1.165, 1.54) is 11.1 Å². The van der Waals surface area contributed by atoms with E-state index in [1.807, 2.05) is 12.1 Å². The lowest BCUT2D eigenvalue weighted by molar-refractivity contribution is 0.323. The van der Waals surface area contributed by atoms with Crippen molar-refractivity contribution in [2.24, 2.45) is 0 Å². The van der Waals surface area contributed by atoms with Crippen LogP contribution in [0.25, 0.3) is 0 Å². The summed E-state index contributed by atoms with van der Waals surface area (Å²) >= 11 is 0. The van der Waals surface area contributed by atoms with Crippen molar-refractivity contribution in [2.45, 2.75) is 19.6 Å². The molecule has 0 atom stereocenters. The van der Waals surface area contributed by atoms with Crippen LogP contribution in [0.2, 0.25) is 0 Å². The van der Waals surface area contributed by atoms with Crippen LogP contribution in [0.3, 0.4) is 0 Å². The third-order valence-corrected chi connectivity index (χ3v) is 3.90. The summed E-state index contributed by atoms with van der Waals surface area (Å²) in [6.07, 6.45) is 0. The van der Waals surface area contributed by atoms with Crippen molar-refractivity contribution in [3.05, 3.63) is 53.1 Å². The molecule has 2 aromatic carbocycles. The van der Waals surface area contributed by atoms with Gasteiger partial charge in [-0.25, -0.2) is 0 Å². The quantitative estimate of drug-likeness (QED) is 0.757. The molecule has 0 bridgehead atoms. The number of ether oxygens (including phenoxy) is 3. The van der Waals surface area contributed by atoms with E-state index in [-0.39, 0.29) is 0 Å². The molecule has 0 spiro atoms. The second kappa shape index (κ2) is 9.30. The molecule has 0 saturated heterocycles. The topological polar surface area (TPSA) is 43.0 Å². The summed E-state index contributed by atoms with van der Waals surface area (Å²) in [7, 11) is 9.02. The standard InChI is InChI=1S/C20H28N2O3/c1-22(2)14-16-8-6-15(7-9-16)12-21-13-17-10-18(23-3)20(25-5)19(11-17)24-4/h6-11,21H,12-14H2,1-5H3. The Morgan fingerprint density at radius 3 is 1.76 bits per heavy atom. The number of hydrogen-bond donors (Lipinski definition) is 1. The van der Waals surface area contributed by atoms with Gasteiger partial charge < -0.3 is 24.4 Å². The Balaban J connectivity index is 1.97. The lowest BCUT2D eigenvalue weighted by atomic mass is 10.1. The fraction of sp³-hybridized carbons (Fsp3) is 0.400. The largest absolute Gasteiger partial charge is 0.493 e. The molecule has 0 heterocycles. The lowest BCUT2D eigenvalue weighted by Gasteiger charge is -2.14. The average Bonchev–Trinajstić information content (AvgIpc) is 2.61. The van der Waals surface area contributed by atoms with Crippen molar-refractivity contribution in [2.75, 3.05) is 35.4 Å². The molecule has 25 heavy (non-hydrogen) atoms. The molecule has 0 aliphatic heterocycles. The Hall–Kier alpha value is -2.24. The fourth-order valence-electron chi connectivity index (χ4n) is 2.72. The third-order valence-electron chi connectivity index (χ3n) is 3.90. The Morgan fingerprint density at radius 2 is 1.28 bits per heavy atom. The van der Waals surface area contributed by atoms with Crippen molar-refractivity contribution in [3.8, 4) is 17.2 Å². The molecule has 136 valence electrons. The molecular weight excluding hydrogens is 316 g/mol. The molecule has 1 N–H and O–H groups in total. The Labute approximate surface area is 150 Å². The fourth-order valence-corrected chi connectivity index (χ4v) is 2.72. The molecule has 5 nitrogen and oxygen atoms in total. The maximum Gasteiger partial charge on any atom is 0.203 e. The summed E-state index contributed by atoms with van der Waals surface area (Å²) in [5, 5.41) is 3.46. The summed E-state index contributed by atoms with van der Waals surface area (Å²) in [6.45, 7) is 2.48. The van der Waals surface area contributed by atoms with Gasteiger partial charge in [0.15, 0.2) is 11.5 Å². The minimum Gasteiger partial charge on any atom is -0.493 e. The number of nitrogens with one attached hydrogen (secondary N) is 1. The van der Waals surface area contributed by atoms with Gasteiger partial charge in [-0.1, -0.05) is 24.3 Å². The predicted molar refractivity (Wildman–Crippen MR) is 100 cm³/mol. The predicted octanol–water partition coefficient (Wildman–Crippen LogP) is 3.06. The second-order valence-electron chi connectivity index (χ2n) is 6.19. The van der Waals surface area contributed by atoms with Crippen molar-refractivity contribution in [1.29, 1.82) is 0 Å². The van der Waals surface area contributed by atoms with Gasteiger partial charge in [0.1, 0.15) is 0 Å². The van der Waals surface area contributed by atoms with Crippen LogP contribution in [0.4, 0.5) is 0 Å². The molecule has 0 fully saturated rings. The van der Waals surface area contributed by atoms with Gasteiger partial charge in [-0.3, -0.25) is 0 Å². The van der Waals surface area contributed by atoms with Crippen molar-refractivity contribution in [1.82, 2.24) is 10.2 Å². The third kappa shape index (κ3) is 5.37. The molecule has 0 unspecified atom stereocenters. The van der Waals surface area contributed by atoms with Crippen LogP contribution in [0.15, 0.2) is 36.4 Å². The van der Waals surface area contributed by atoms with Gasteiger partial charge in [0.2, 0.25) is 5.75 Å². The smallest absolute Gasteiger partial charge is 0.203 e. The van der Waals surface area contributed by atoms with Gasteiger partial charge in [-0.05, 0) is 42.9 Å². The highest BCUT2D eigenvalue weighted by molar-refractivity contribution is 5.53. The number of rotatable bonds is 9. The summed E-state index contributed by atoms with van der Waals surface area (Å²) in [4.78, 5) is 2.16. The van der Waals surface area contributed by atoms with Gasteiger partial charge in [0, 0.05) is 19.6 Å². The van der Waals surface area contributed by atoms with Gasteiger partial charge in [0.25, 0.3) is 0 Å². The normalized spacial score (nSPS) is 10.8. The van der Waals surface area contributed by atoms with E-state index in [1.54, 1.807) is 21.3 Å². The zero-order chi connectivity index (χ0) is 18.2. The summed E-state index contributed by atoms with van der Waals surface area (Å²) in [5.74, 6) is 1.96. The zero-order valence-corrected chi connectivity index (χ0v) is 15.8. The minimum absolute atomic E-state index is 0.616. The van der Waals surface area contributed by atoms with E-state index in [0.29, 0.717) is 17.2 Å². The first-order valence-corrected chi connectivity index (χ1v) is 8.29. The summed E-state index contributed by atoms with van der Waals surface area (Å²) in [5.41, 5.74) is 3.66. The van der Waals surface area contributed by atoms with Crippen molar-refractivity contribution in [3.63, 3.8) is 0 Å². The average molecular weight is 344 g/mol. The Kier molecular flexibility index (Phi) is 7.10. The van der Waals surface area contributed by atoms with Crippen LogP contribution in [0.5, 0.6) is 17.2 Å². The van der Waals surface area contributed by atoms with Crippen LogP contribution in [0, 0.1) is 0 Å². The van der Waals surface area contributed by atoms with E-state index >= 15 is 0 Å². The van der Waals surface area contributed by atoms with Crippen LogP contribution in [-0.2, 0) is 19.6 Å². The first-order valence-electron chi connectivity index (χ1n) is 8.29. The van der Waals surface area contributed by atoms with Crippen LogP contribution in [0.1, 0.15) is 16.7 Å². The first-order chi connectivity index (χ1) is 12.1. The maximum atomic E-state index is 5.39. The molecule has 0 aliphatic carbocycles. The lowest BCUT2D eigenvalue weighted by Crippen LogP contribution is -2.13. The number of nitrogens with zero attached hydrogens (tertiary/aromatic N) is 1. The minimum atomic E-state index is 0.616. The highest BCUT2D eigenvalue weighted by Gasteiger charge is 2.12. The monoisotopic (exact) mass is 344 g/mol. The molecule has 5 heteroatoms. The highest BCUT2D eigenvalue weighted by atomic mass is 16.5. The molecule has 0 aromatic heterocycles. The molecule has 2 rings (SSSR count). The summed E-state index contributed by atoms with van der Waals surface area (Å²) < 4.78 is 16.1. The first kappa shape index (κ1) is 19.1. The second-order valence-corrected chi connectivity index (χ2v) is 6.19. The number of hydrogen-bond acceptors (Lipinski definition) is 5. The van der Waals surface area contributed by atoms with Gasteiger partial charge >= 0.3 is 0 Å². The van der Waals surface area contributed by atoms with Gasteiger partial charge in [0.05, 0.1) is 21.3 Å². The van der Waals surface area contributed by atoms with Crippen molar-refractivity contribution < 1.29 is 14.2 Å². The molecule has 0 radical (unpaired) electrons. The van der Waals surface area contributed by atoms with E-state index < -0.39 is 0 Å². The van der Waals surface area contributed by atoms with Crippen LogP contribution < -0.4 is 19.5 Å². The van der Waals surface area contributed by atoms with E-state index in [0.717, 1.165) is 25.2 Å². The number of methoxy groups -OCH3 is 3. The number of benzene rings is 2. The summed E-state index contributed by atoms with van der Waals surface area (Å²) in [6, 6.07) is 12.6. The molecule has 0 aliphatic rings. The molecular formula is C20H28N2O3. The van der Waals surface area contributed by atoms with E-state index in [9.17, 15) is 0 Å². The van der Waals surface area contributed by atoms with Crippen molar-refractivity contribution >= 4 is 0 Å². The molecule has 0 saturated carbocycles. The van der Waals surface area contributed by atoms with Crippen LogP contribution >= 0.6 is 0 Å². The van der Waals surface area contributed by atoms with Gasteiger partial charge in [-0.15, -0.1) is 0 Å². The molecule has 2 aromatic rings. The SMILES string of the molecule is COc1cc(CNCc2ccc(CN(C)C)cc2)cc(OC)c1OC. The van der Waals surface area contributed by atoms with Crippen LogP contribution in [-0.4, -0.2) is 40.3 Å². The zero-order valence-electron chi connectivity index (χ0n) is 15.8. The Morgan fingerprint density at radius 1 is 0.760 bits per heavy atom. The highest BCUT2D eigenvalue weighted by Crippen LogP contribution is 2.38. The van der Waals surface area contributed by atoms with E-state index in [2.05, 4.69) is 48.6 Å². The molecule has 0 amide bonds.